The molecule has 1 aliphatic rings. The van der Waals surface area contributed by atoms with E-state index >= 15 is 0 Å². The lowest BCUT2D eigenvalue weighted by Gasteiger charge is -2.36. The predicted octanol–water partition coefficient (Wildman–Crippen LogP) is 3.66. The van der Waals surface area contributed by atoms with Gasteiger partial charge in [0.25, 0.3) is 15.9 Å². The fourth-order valence-corrected chi connectivity index (χ4v) is 5.16. The molecule has 0 unspecified atom stereocenters. The van der Waals surface area contributed by atoms with E-state index in [0.717, 1.165) is 10.7 Å². The zero-order valence-corrected chi connectivity index (χ0v) is 18.3. The first-order chi connectivity index (χ1) is 13.8. The van der Waals surface area contributed by atoms with Crippen LogP contribution in [0.3, 0.4) is 0 Å². The van der Waals surface area contributed by atoms with Crippen molar-refractivity contribution in [3.05, 3.63) is 59.1 Å². The van der Waals surface area contributed by atoms with Crippen LogP contribution in [-0.2, 0) is 14.8 Å². The summed E-state index contributed by atoms with van der Waals surface area (Å²) in [5.74, 6) is 0.138. The van der Waals surface area contributed by atoms with Crippen LogP contribution < -0.4 is 4.31 Å². The minimum atomic E-state index is -3.93. The first-order valence-electron chi connectivity index (χ1n) is 9.41. The number of hydrogen-bond acceptors (Lipinski definition) is 4. The van der Waals surface area contributed by atoms with E-state index in [-0.39, 0.29) is 21.9 Å². The molecule has 0 aliphatic carbocycles. The van der Waals surface area contributed by atoms with Gasteiger partial charge in [0.15, 0.2) is 0 Å². The molecule has 0 radical (unpaired) electrons. The molecular weight excluding hydrogens is 412 g/mol. The number of methoxy groups -OCH3 is 1. The third-order valence-electron chi connectivity index (χ3n) is 5.42. The van der Waals surface area contributed by atoms with E-state index in [2.05, 4.69) is 6.92 Å². The third-order valence-corrected chi connectivity index (χ3v) is 7.68. The van der Waals surface area contributed by atoms with E-state index in [4.69, 9.17) is 16.3 Å². The van der Waals surface area contributed by atoms with Gasteiger partial charge in [-0.2, -0.15) is 0 Å². The fourth-order valence-electron chi connectivity index (χ4n) is 3.47. The summed E-state index contributed by atoms with van der Waals surface area (Å²) in [7, 11) is -0.824. The van der Waals surface area contributed by atoms with Gasteiger partial charge in [-0.1, -0.05) is 36.7 Å². The SMILES string of the molecule is CO[C@H]1CN(C(=O)c2ccc(Cl)c(S(=O)(=O)N(C)c3ccccc3)c2)CC[C@@H]1C. The highest BCUT2D eigenvalue weighted by Gasteiger charge is 2.31. The number of nitrogens with zero attached hydrogens (tertiary/aromatic N) is 2. The van der Waals surface area contributed by atoms with Crippen molar-refractivity contribution in [2.45, 2.75) is 24.3 Å². The van der Waals surface area contributed by atoms with Gasteiger partial charge in [0.1, 0.15) is 4.90 Å². The van der Waals surface area contributed by atoms with Gasteiger partial charge in [0.05, 0.1) is 16.8 Å². The molecule has 3 rings (SSSR count). The number of hydrogen-bond donors (Lipinski definition) is 0. The van der Waals surface area contributed by atoms with Gasteiger partial charge in [-0.3, -0.25) is 9.10 Å². The van der Waals surface area contributed by atoms with Crippen LogP contribution in [0.25, 0.3) is 0 Å². The summed E-state index contributed by atoms with van der Waals surface area (Å²) in [6.45, 7) is 3.18. The summed E-state index contributed by atoms with van der Waals surface area (Å²) in [4.78, 5) is 14.6. The Hall–Kier alpha value is -2.09. The van der Waals surface area contributed by atoms with Crippen molar-refractivity contribution in [1.82, 2.24) is 4.90 Å². The second-order valence-electron chi connectivity index (χ2n) is 7.24. The summed E-state index contributed by atoms with van der Waals surface area (Å²) in [5.41, 5.74) is 0.798. The Morgan fingerprint density at radius 1 is 1.21 bits per heavy atom. The zero-order valence-electron chi connectivity index (χ0n) is 16.7. The summed E-state index contributed by atoms with van der Waals surface area (Å²) >= 11 is 6.22. The molecule has 0 spiro atoms. The van der Waals surface area contributed by atoms with Gasteiger partial charge in [-0.05, 0) is 42.7 Å². The first-order valence-corrected chi connectivity index (χ1v) is 11.2. The van der Waals surface area contributed by atoms with Crippen molar-refractivity contribution in [2.75, 3.05) is 31.6 Å². The third kappa shape index (κ3) is 4.42. The van der Waals surface area contributed by atoms with Gasteiger partial charge >= 0.3 is 0 Å². The van der Waals surface area contributed by atoms with Gasteiger partial charge in [0.2, 0.25) is 0 Å². The lowest BCUT2D eigenvalue weighted by Crippen LogP contribution is -2.46. The number of benzene rings is 2. The van der Waals surface area contributed by atoms with Crippen molar-refractivity contribution in [2.24, 2.45) is 5.92 Å². The van der Waals surface area contributed by atoms with Crippen molar-refractivity contribution in [3.8, 4) is 0 Å². The second kappa shape index (κ2) is 8.73. The molecule has 2 atom stereocenters. The summed E-state index contributed by atoms with van der Waals surface area (Å²) < 4.78 is 32.9. The van der Waals surface area contributed by atoms with E-state index in [1.807, 2.05) is 6.07 Å². The standard InChI is InChI=1S/C21H25ClN2O4S/c1-15-11-12-24(14-19(15)28-3)21(25)16-9-10-18(22)20(13-16)29(26,27)23(2)17-7-5-4-6-8-17/h4-10,13,15,19H,11-12,14H2,1-3H3/t15-,19-/m0/s1. The highest BCUT2D eigenvalue weighted by molar-refractivity contribution is 7.93. The molecule has 8 heteroatoms. The maximum atomic E-state index is 13.1. The number of para-hydroxylation sites is 1. The molecule has 156 valence electrons. The molecule has 1 saturated heterocycles. The number of amides is 1. The van der Waals surface area contributed by atoms with Crippen LogP contribution in [0, 0.1) is 5.92 Å². The molecule has 0 saturated carbocycles. The van der Waals surface area contributed by atoms with Crippen LogP contribution >= 0.6 is 11.6 Å². The Balaban J connectivity index is 1.91. The molecule has 6 nitrogen and oxygen atoms in total. The number of likely N-dealkylation sites (tertiary alicyclic amines) is 1. The number of rotatable bonds is 5. The summed E-state index contributed by atoms with van der Waals surface area (Å²) in [6.07, 6.45) is 0.798. The van der Waals surface area contributed by atoms with Gasteiger partial charge < -0.3 is 9.64 Å². The zero-order chi connectivity index (χ0) is 21.2. The van der Waals surface area contributed by atoms with E-state index in [9.17, 15) is 13.2 Å². The van der Waals surface area contributed by atoms with Crippen molar-refractivity contribution >= 4 is 33.2 Å². The Bertz CT molecular complexity index is 981. The molecule has 1 fully saturated rings. The quantitative estimate of drug-likeness (QED) is 0.717. The van der Waals surface area contributed by atoms with E-state index in [0.29, 0.717) is 30.3 Å². The molecule has 1 aliphatic heterocycles. The number of carbonyl (C=O) groups is 1. The lowest BCUT2D eigenvalue weighted by atomic mass is 9.95. The second-order valence-corrected chi connectivity index (χ2v) is 9.59. The lowest BCUT2D eigenvalue weighted by molar-refractivity contribution is -0.00157. The number of piperidine rings is 1. The molecule has 1 heterocycles. The summed E-state index contributed by atoms with van der Waals surface area (Å²) in [5, 5.41) is 0.0753. The van der Waals surface area contributed by atoms with Crippen LogP contribution in [0.5, 0.6) is 0 Å². The molecule has 2 aromatic carbocycles. The van der Waals surface area contributed by atoms with Gasteiger partial charge in [-0.25, -0.2) is 8.42 Å². The molecule has 0 bridgehead atoms. The van der Waals surface area contributed by atoms with Crippen LogP contribution in [-0.4, -0.2) is 52.6 Å². The number of halogens is 1. The maximum absolute atomic E-state index is 13.1. The molecule has 0 N–H and O–H groups in total. The van der Waals surface area contributed by atoms with Crippen molar-refractivity contribution < 1.29 is 17.9 Å². The molecule has 2 aromatic rings. The average molecular weight is 437 g/mol. The Morgan fingerprint density at radius 2 is 1.90 bits per heavy atom. The normalized spacial score (nSPS) is 19.8. The largest absolute Gasteiger partial charge is 0.379 e. The smallest absolute Gasteiger partial charge is 0.265 e. The molecule has 1 amide bonds. The highest BCUT2D eigenvalue weighted by Crippen LogP contribution is 2.29. The fraction of sp³-hybridized carbons (Fsp3) is 0.381. The number of carbonyl (C=O) groups excluding carboxylic acids is 1. The van der Waals surface area contributed by atoms with E-state index in [1.165, 1.54) is 19.2 Å². The van der Waals surface area contributed by atoms with Crippen LogP contribution in [0.2, 0.25) is 5.02 Å². The highest BCUT2D eigenvalue weighted by atomic mass is 35.5. The molecule has 0 aromatic heterocycles. The molecular formula is C21H25ClN2O4S. The minimum absolute atomic E-state index is 0.0348. The Morgan fingerprint density at radius 3 is 2.55 bits per heavy atom. The summed E-state index contributed by atoms with van der Waals surface area (Å²) in [6, 6.07) is 13.1. The van der Waals surface area contributed by atoms with Crippen LogP contribution in [0.15, 0.2) is 53.4 Å². The average Bonchev–Trinajstić information content (AvgIpc) is 2.73. The van der Waals surface area contributed by atoms with E-state index in [1.54, 1.807) is 42.3 Å². The monoisotopic (exact) mass is 436 g/mol. The topological polar surface area (TPSA) is 66.9 Å². The van der Waals surface area contributed by atoms with Crippen molar-refractivity contribution in [3.63, 3.8) is 0 Å². The molecule has 29 heavy (non-hydrogen) atoms. The Labute approximate surface area is 177 Å². The number of anilines is 1. The predicted molar refractivity (Wildman–Crippen MR) is 114 cm³/mol. The van der Waals surface area contributed by atoms with Crippen molar-refractivity contribution in [1.29, 1.82) is 0 Å². The van der Waals surface area contributed by atoms with Gasteiger partial charge in [0, 0.05) is 32.8 Å². The van der Waals surface area contributed by atoms with Crippen LogP contribution in [0.4, 0.5) is 5.69 Å². The minimum Gasteiger partial charge on any atom is -0.379 e. The maximum Gasteiger partial charge on any atom is 0.265 e. The first kappa shape index (κ1) is 21.6. The Kier molecular flexibility index (Phi) is 6.51. The van der Waals surface area contributed by atoms with Crippen LogP contribution in [0.1, 0.15) is 23.7 Å². The van der Waals surface area contributed by atoms with Gasteiger partial charge in [-0.15, -0.1) is 0 Å². The number of sulfonamides is 1. The van der Waals surface area contributed by atoms with E-state index < -0.39 is 10.0 Å². The number of ether oxygens (including phenoxy) is 1.